The number of aromatic nitrogens is 5. The Hall–Kier alpha value is -3.07. The lowest BCUT2D eigenvalue weighted by Crippen LogP contribution is -2.26. The van der Waals surface area contributed by atoms with Gasteiger partial charge in [0.05, 0.1) is 29.3 Å². The fraction of sp³-hybridized carbons (Fsp3) is 0.200. The van der Waals surface area contributed by atoms with Gasteiger partial charge in [-0.25, -0.2) is 14.1 Å². The summed E-state index contributed by atoms with van der Waals surface area (Å²) in [6.45, 7) is 1.77. The quantitative estimate of drug-likeness (QED) is 0.510. The number of nitrogens with zero attached hydrogens (tertiary/aromatic N) is 5. The smallest absolute Gasteiger partial charge is 0.254 e. The van der Waals surface area contributed by atoms with Crippen LogP contribution in [0.3, 0.4) is 0 Å². The predicted molar refractivity (Wildman–Crippen MR) is 108 cm³/mol. The van der Waals surface area contributed by atoms with Gasteiger partial charge >= 0.3 is 0 Å². The largest absolute Gasteiger partial charge is 0.349 e. The molecule has 7 nitrogen and oxygen atoms in total. The number of imidazole rings is 1. The van der Waals surface area contributed by atoms with Crippen LogP contribution in [0.15, 0.2) is 47.3 Å². The number of rotatable bonds is 4. The average molecular weight is 455 g/mol. The topological polar surface area (TPSA) is 77.1 Å². The zero-order chi connectivity index (χ0) is 20.1. The van der Waals surface area contributed by atoms with Crippen molar-refractivity contribution in [2.24, 2.45) is 0 Å². The standard InChI is InChI=1S/C20H16BrFN6O/c1-11-6-15(22)14(20(29)24-13-3-4-13)7-17(11)28-10-16(25-26-28)18-8-23-19-5-2-12(21)9-27(18)19/h2,5-10,13H,3-4H2,1H3,(H,24,29). The van der Waals surface area contributed by atoms with E-state index < -0.39 is 11.7 Å². The number of benzene rings is 1. The van der Waals surface area contributed by atoms with E-state index in [4.69, 9.17) is 0 Å². The third-order valence-electron chi connectivity index (χ3n) is 4.91. The summed E-state index contributed by atoms with van der Waals surface area (Å²) in [6, 6.07) is 6.83. The maximum atomic E-state index is 14.4. The molecule has 4 aromatic rings. The van der Waals surface area contributed by atoms with Crippen LogP contribution in [-0.2, 0) is 0 Å². The molecule has 1 aromatic carbocycles. The number of carbonyl (C=O) groups excluding carboxylic acids is 1. The molecule has 5 rings (SSSR count). The highest BCUT2D eigenvalue weighted by molar-refractivity contribution is 9.10. The lowest BCUT2D eigenvalue weighted by Gasteiger charge is -2.10. The lowest BCUT2D eigenvalue weighted by atomic mass is 10.1. The second-order valence-electron chi connectivity index (χ2n) is 7.13. The van der Waals surface area contributed by atoms with Crippen LogP contribution in [-0.4, -0.2) is 36.3 Å². The number of fused-ring (bicyclic) bond motifs is 1. The molecule has 0 bridgehead atoms. The Morgan fingerprint density at radius 1 is 1.28 bits per heavy atom. The minimum Gasteiger partial charge on any atom is -0.349 e. The number of hydrogen-bond acceptors (Lipinski definition) is 4. The SMILES string of the molecule is Cc1cc(F)c(C(=O)NC2CC2)cc1-n1cc(-c2cnc3ccc(Br)cn23)nn1. The molecule has 0 spiro atoms. The van der Waals surface area contributed by atoms with Crippen LogP contribution < -0.4 is 5.32 Å². The summed E-state index contributed by atoms with van der Waals surface area (Å²) < 4.78 is 18.8. The van der Waals surface area contributed by atoms with E-state index in [1.807, 2.05) is 22.7 Å². The highest BCUT2D eigenvalue weighted by Crippen LogP contribution is 2.25. The van der Waals surface area contributed by atoms with Crippen LogP contribution in [0.4, 0.5) is 4.39 Å². The summed E-state index contributed by atoms with van der Waals surface area (Å²) >= 11 is 3.46. The van der Waals surface area contributed by atoms with Crippen molar-refractivity contribution in [2.45, 2.75) is 25.8 Å². The third-order valence-corrected chi connectivity index (χ3v) is 5.38. The first kappa shape index (κ1) is 18.0. The van der Waals surface area contributed by atoms with Gasteiger partial charge in [-0.2, -0.15) is 0 Å². The molecule has 0 aliphatic heterocycles. The van der Waals surface area contributed by atoms with Gasteiger partial charge in [0.1, 0.15) is 17.2 Å². The van der Waals surface area contributed by atoms with Crippen molar-refractivity contribution in [3.63, 3.8) is 0 Å². The van der Waals surface area contributed by atoms with Gasteiger partial charge in [0.15, 0.2) is 0 Å². The molecule has 3 heterocycles. The van der Waals surface area contributed by atoms with Crippen molar-refractivity contribution in [3.05, 3.63) is 64.3 Å². The van der Waals surface area contributed by atoms with E-state index in [1.54, 1.807) is 24.0 Å². The Balaban J connectivity index is 1.54. The van der Waals surface area contributed by atoms with Gasteiger partial charge in [-0.15, -0.1) is 5.10 Å². The summed E-state index contributed by atoms with van der Waals surface area (Å²) in [5, 5.41) is 11.3. The van der Waals surface area contributed by atoms with Gasteiger partial charge < -0.3 is 5.32 Å². The number of carbonyl (C=O) groups is 1. The molecule has 0 atom stereocenters. The van der Waals surface area contributed by atoms with E-state index in [0.717, 1.165) is 28.7 Å². The average Bonchev–Trinajstić information content (AvgIpc) is 3.20. The summed E-state index contributed by atoms with van der Waals surface area (Å²) in [5.74, 6) is -0.949. The molecule has 3 aromatic heterocycles. The number of halogens is 2. The van der Waals surface area contributed by atoms with Crippen molar-refractivity contribution in [3.8, 4) is 17.1 Å². The van der Waals surface area contributed by atoms with Crippen molar-refractivity contribution < 1.29 is 9.18 Å². The first-order chi connectivity index (χ1) is 14.0. The van der Waals surface area contributed by atoms with Crippen LogP contribution >= 0.6 is 15.9 Å². The minimum absolute atomic E-state index is 0.00767. The molecule has 0 saturated heterocycles. The molecule has 1 N–H and O–H groups in total. The van der Waals surface area contributed by atoms with Crippen molar-refractivity contribution >= 4 is 27.5 Å². The molecular formula is C20H16BrFN6O. The summed E-state index contributed by atoms with van der Waals surface area (Å²) in [7, 11) is 0. The molecule has 1 aliphatic rings. The van der Waals surface area contributed by atoms with Gasteiger partial charge in [-0.05, 0) is 65.5 Å². The van der Waals surface area contributed by atoms with Crippen LogP contribution in [0.25, 0.3) is 22.7 Å². The first-order valence-corrected chi connectivity index (χ1v) is 9.95. The third kappa shape index (κ3) is 3.31. The summed E-state index contributed by atoms with van der Waals surface area (Å²) in [5.41, 5.74) is 3.44. The molecule has 0 radical (unpaired) electrons. The normalized spacial score (nSPS) is 13.8. The maximum absolute atomic E-state index is 14.4. The van der Waals surface area contributed by atoms with Gasteiger partial charge in [-0.1, -0.05) is 5.21 Å². The van der Waals surface area contributed by atoms with Gasteiger partial charge in [-0.3, -0.25) is 9.20 Å². The Kier molecular flexibility index (Phi) is 4.20. The van der Waals surface area contributed by atoms with E-state index in [0.29, 0.717) is 16.9 Å². The number of nitrogens with one attached hydrogen (secondary N) is 1. The Labute approximate surface area is 173 Å². The second-order valence-corrected chi connectivity index (χ2v) is 8.05. The highest BCUT2D eigenvalue weighted by Gasteiger charge is 2.26. The fourth-order valence-electron chi connectivity index (χ4n) is 3.22. The van der Waals surface area contributed by atoms with Crippen LogP contribution in [0.2, 0.25) is 0 Å². The van der Waals surface area contributed by atoms with E-state index in [9.17, 15) is 9.18 Å². The van der Waals surface area contributed by atoms with Crippen molar-refractivity contribution in [1.82, 2.24) is 29.7 Å². The molecule has 29 heavy (non-hydrogen) atoms. The lowest BCUT2D eigenvalue weighted by molar-refractivity contribution is 0.0947. The Morgan fingerprint density at radius 2 is 2.10 bits per heavy atom. The minimum atomic E-state index is -0.545. The fourth-order valence-corrected chi connectivity index (χ4v) is 3.55. The Bertz CT molecular complexity index is 1260. The van der Waals surface area contributed by atoms with Crippen molar-refractivity contribution in [2.75, 3.05) is 0 Å². The van der Waals surface area contributed by atoms with E-state index >= 15 is 0 Å². The number of pyridine rings is 1. The molecule has 9 heteroatoms. The highest BCUT2D eigenvalue weighted by atomic mass is 79.9. The zero-order valence-corrected chi connectivity index (χ0v) is 17.0. The predicted octanol–water partition coefficient (Wildman–Crippen LogP) is 3.68. The van der Waals surface area contributed by atoms with Crippen LogP contribution in [0.1, 0.15) is 28.8 Å². The molecule has 1 saturated carbocycles. The van der Waals surface area contributed by atoms with Gasteiger partial charge in [0.2, 0.25) is 0 Å². The summed E-state index contributed by atoms with van der Waals surface area (Å²) in [4.78, 5) is 16.7. The maximum Gasteiger partial charge on any atom is 0.254 e. The number of amides is 1. The van der Waals surface area contributed by atoms with Gasteiger partial charge in [0.25, 0.3) is 5.91 Å². The van der Waals surface area contributed by atoms with Crippen LogP contribution in [0.5, 0.6) is 0 Å². The van der Waals surface area contributed by atoms with E-state index in [1.165, 1.54) is 12.1 Å². The molecule has 0 unspecified atom stereocenters. The molecule has 146 valence electrons. The number of hydrogen-bond donors (Lipinski definition) is 1. The van der Waals surface area contributed by atoms with E-state index in [-0.39, 0.29) is 11.6 Å². The van der Waals surface area contributed by atoms with Crippen molar-refractivity contribution in [1.29, 1.82) is 0 Å². The molecule has 1 amide bonds. The van der Waals surface area contributed by atoms with Crippen LogP contribution in [0, 0.1) is 12.7 Å². The van der Waals surface area contributed by atoms with E-state index in [2.05, 4.69) is 36.5 Å². The summed E-state index contributed by atoms with van der Waals surface area (Å²) in [6.07, 6.45) is 7.25. The first-order valence-electron chi connectivity index (χ1n) is 9.16. The monoisotopic (exact) mass is 454 g/mol. The molecular weight excluding hydrogens is 439 g/mol. The zero-order valence-electron chi connectivity index (χ0n) is 15.4. The number of aryl methyl sites for hydroxylation is 1. The molecule has 1 aliphatic carbocycles. The second kappa shape index (κ2) is 6.77. The van der Waals surface area contributed by atoms with Gasteiger partial charge in [0, 0.05) is 16.7 Å². The Morgan fingerprint density at radius 3 is 2.90 bits per heavy atom. The molecule has 1 fully saturated rings.